The molecule has 1 aromatic rings. The van der Waals surface area contributed by atoms with E-state index in [4.69, 9.17) is 15.2 Å². The Labute approximate surface area is 99.9 Å². The molecule has 0 atom stereocenters. The molecule has 1 aromatic carbocycles. The second kappa shape index (κ2) is 4.53. The van der Waals surface area contributed by atoms with E-state index in [1.165, 1.54) is 0 Å². The zero-order chi connectivity index (χ0) is 12.4. The first kappa shape index (κ1) is 11.6. The molecule has 0 unspecified atom stereocenters. The lowest BCUT2D eigenvalue weighted by molar-refractivity contribution is -0.117. The van der Waals surface area contributed by atoms with Gasteiger partial charge in [-0.1, -0.05) is 0 Å². The molecule has 92 valence electrons. The summed E-state index contributed by atoms with van der Waals surface area (Å²) in [6, 6.07) is 3.32. The van der Waals surface area contributed by atoms with Gasteiger partial charge >= 0.3 is 0 Å². The van der Waals surface area contributed by atoms with Crippen molar-refractivity contribution in [3.8, 4) is 11.5 Å². The SMILES string of the molecule is COc1cc(N)c(NC(=O)C2CC2)cc1OC. The number of ether oxygens (including phenoxy) is 2. The normalized spacial score (nSPS) is 14.2. The molecule has 0 heterocycles. The molecule has 0 spiro atoms. The standard InChI is InChI=1S/C12H16N2O3/c1-16-10-5-8(13)9(6-11(10)17-2)14-12(15)7-3-4-7/h5-7H,3-4,13H2,1-2H3,(H,14,15). The number of nitrogen functional groups attached to an aromatic ring is 1. The van der Waals surface area contributed by atoms with Crippen molar-refractivity contribution in [1.29, 1.82) is 0 Å². The smallest absolute Gasteiger partial charge is 0.227 e. The van der Waals surface area contributed by atoms with Crippen LogP contribution in [0.15, 0.2) is 12.1 Å². The molecule has 5 nitrogen and oxygen atoms in total. The van der Waals surface area contributed by atoms with Crippen LogP contribution in [0.2, 0.25) is 0 Å². The van der Waals surface area contributed by atoms with E-state index in [9.17, 15) is 4.79 Å². The Morgan fingerprint density at radius 2 is 1.88 bits per heavy atom. The van der Waals surface area contributed by atoms with Crippen LogP contribution in [0.3, 0.4) is 0 Å². The van der Waals surface area contributed by atoms with Gasteiger partial charge in [-0.25, -0.2) is 0 Å². The summed E-state index contributed by atoms with van der Waals surface area (Å²) in [4.78, 5) is 11.6. The molecule has 1 aliphatic carbocycles. The van der Waals surface area contributed by atoms with Crippen LogP contribution in [0.1, 0.15) is 12.8 Å². The van der Waals surface area contributed by atoms with E-state index in [2.05, 4.69) is 5.32 Å². The first-order valence-electron chi connectivity index (χ1n) is 5.48. The predicted octanol–water partition coefficient (Wildman–Crippen LogP) is 1.63. The highest BCUT2D eigenvalue weighted by Gasteiger charge is 2.30. The van der Waals surface area contributed by atoms with Crippen molar-refractivity contribution in [2.24, 2.45) is 5.92 Å². The summed E-state index contributed by atoms with van der Waals surface area (Å²) in [5, 5.41) is 2.80. The molecule has 1 amide bonds. The molecule has 1 fully saturated rings. The highest BCUT2D eigenvalue weighted by molar-refractivity contribution is 5.97. The van der Waals surface area contributed by atoms with Gasteiger partial charge in [0.1, 0.15) is 0 Å². The van der Waals surface area contributed by atoms with Gasteiger partial charge in [0.25, 0.3) is 0 Å². The van der Waals surface area contributed by atoms with Crippen molar-refractivity contribution in [2.75, 3.05) is 25.3 Å². The summed E-state index contributed by atoms with van der Waals surface area (Å²) in [7, 11) is 3.08. The third-order valence-electron chi connectivity index (χ3n) is 2.76. The summed E-state index contributed by atoms with van der Waals surface area (Å²) in [6.45, 7) is 0. The minimum absolute atomic E-state index is 0.0175. The number of hydrogen-bond donors (Lipinski definition) is 2. The topological polar surface area (TPSA) is 73.6 Å². The van der Waals surface area contributed by atoms with Crippen LogP contribution in [0.4, 0.5) is 11.4 Å². The van der Waals surface area contributed by atoms with E-state index in [0.29, 0.717) is 22.9 Å². The molecular weight excluding hydrogens is 220 g/mol. The lowest BCUT2D eigenvalue weighted by atomic mass is 10.2. The minimum atomic E-state index is 0.0175. The third kappa shape index (κ3) is 2.43. The van der Waals surface area contributed by atoms with Crippen LogP contribution in [-0.4, -0.2) is 20.1 Å². The highest BCUT2D eigenvalue weighted by Crippen LogP contribution is 2.36. The Bertz CT molecular complexity index is 442. The number of nitrogens with two attached hydrogens (primary N) is 1. The molecule has 1 aliphatic rings. The monoisotopic (exact) mass is 236 g/mol. The molecule has 0 radical (unpaired) electrons. The zero-order valence-electron chi connectivity index (χ0n) is 9.95. The second-order valence-electron chi connectivity index (χ2n) is 4.06. The quantitative estimate of drug-likeness (QED) is 0.779. The average molecular weight is 236 g/mol. The van der Waals surface area contributed by atoms with Crippen molar-refractivity contribution < 1.29 is 14.3 Å². The third-order valence-corrected chi connectivity index (χ3v) is 2.76. The summed E-state index contributed by atoms with van der Waals surface area (Å²) in [5.41, 5.74) is 6.88. The number of carbonyl (C=O) groups excluding carboxylic acids is 1. The van der Waals surface area contributed by atoms with Crippen molar-refractivity contribution in [3.05, 3.63) is 12.1 Å². The molecule has 3 N–H and O–H groups in total. The number of rotatable bonds is 4. The summed E-state index contributed by atoms with van der Waals surface area (Å²) in [6.07, 6.45) is 1.91. The first-order valence-corrected chi connectivity index (χ1v) is 5.48. The Kier molecular flexibility index (Phi) is 3.08. The van der Waals surface area contributed by atoms with Crippen molar-refractivity contribution in [2.45, 2.75) is 12.8 Å². The van der Waals surface area contributed by atoms with Crippen molar-refractivity contribution in [1.82, 2.24) is 0 Å². The maximum atomic E-state index is 11.6. The van der Waals surface area contributed by atoms with E-state index in [0.717, 1.165) is 12.8 Å². The predicted molar refractivity (Wildman–Crippen MR) is 65.3 cm³/mol. The van der Waals surface area contributed by atoms with E-state index in [-0.39, 0.29) is 11.8 Å². The molecular formula is C12H16N2O3. The largest absolute Gasteiger partial charge is 0.493 e. The van der Waals surface area contributed by atoms with E-state index in [1.807, 2.05) is 0 Å². The van der Waals surface area contributed by atoms with Gasteiger partial charge in [-0.2, -0.15) is 0 Å². The number of carbonyl (C=O) groups is 1. The fourth-order valence-corrected chi connectivity index (χ4v) is 1.58. The molecule has 17 heavy (non-hydrogen) atoms. The fourth-order valence-electron chi connectivity index (χ4n) is 1.58. The maximum Gasteiger partial charge on any atom is 0.227 e. The van der Waals surface area contributed by atoms with Gasteiger partial charge in [-0.05, 0) is 12.8 Å². The summed E-state index contributed by atoms with van der Waals surface area (Å²) in [5.74, 6) is 1.26. The molecule has 0 saturated heterocycles. The van der Waals surface area contributed by atoms with Crippen LogP contribution in [0.25, 0.3) is 0 Å². The lowest BCUT2D eigenvalue weighted by Gasteiger charge is -2.13. The van der Waals surface area contributed by atoms with Gasteiger partial charge in [0, 0.05) is 18.1 Å². The fraction of sp³-hybridized carbons (Fsp3) is 0.417. The van der Waals surface area contributed by atoms with Crippen LogP contribution in [0, 0.1) is 5.92 Å². The zero-order valence-corrected chi connectivity index (χ0v) is 9.95. The Morgan fingerprint density at radius 1 is 1.29 bits per heavy atom. The number of hydrogen-bond acceptors (Lipinski definition) is 4. The van der Waals surface area contributed by atoms with Crippen LogP contribution in [-0.2, 0) is 4.79 Å². The number of methoxy groups -OCH3 is 2. The van der Waals surface area contributed by atoms with Gasteiger partial charge in [0.2, 0.25) is 5.91 Å². The van der Waals surface area contributed by atoms with Crippen LogP contribution < -0.4 is 20.5 Å². The Morgan fingerprint density at radius 3 is 2.41 bits per heavy atom. The number of benzene rings is 1. The molecule has 0 aliphatic heterocycles. The van der Waals surface area contributed by atoms with Gasteiger partial charge in [0.05, 0.1) is 25.6 Å². The average Bonchev–Trinajstić information content (AvgIpc) is 3.15. The minimum Gasteiger partial charge on any atom is -0.493 e. The number of amides is 1. The van der Waals surface area contributed by atoms with Crippen molar-refractivity contribution >= 4 is 17.3 Å². The molecule has 0 aromatic heterocycles. The van der Waals surface area contributed by atoms with Gasteiger partial charge in [0.15, 0.2) is 11.5 Å². The van der Waals surface area contributed by atoms with Gasteiger partial charge in [-0.3, -0.25) is 4.79 Å². The van der Waals surface area contributed by atoms with Gasteiger partial charge < -0.3 is 20.5 Å². The molecule has 5 heteroatoms. The first-order chi connectivity index (χ1) is 8.15. The molecule has 2 rings (SSSR count). The lowest BCUT2D eigenvalue weighted by Crippen LogP contribution is -2.14. The highest BCUT2D eigenvalue weighted by atomic mass is 16.5. The molecule has 0 bridgehead atoms. The Hall–Kier alpha value is -1.91. The van der Waals surface area contributed by atoms with Gasteiger partial charge in [-0.15, -0.1) is 0 Å². The number of anilines is 2. The van der Waals surface area contributed by atoms with E-state index in [1.54, 1.807) is 26.4 Å². The van der Waals surface area contributed by atoms with E-state index < -0.39 is 0 Å². The van der Waals surface area contributed by atoms with Crippen LogP contribution >= 0.6 is 0 Å². The second-order valence-corrected chi connectivity index (χ2v) is 4.06. The Balaban J connectivity index is 2.23. The maximum absolute atomic E-state index is 11.6. The molecule has 1 saturated carbocycles. The van der Waals surface area contributed by atoms with E-state index >= 15 is 0 Å². The number of nitrogens with one attached hydrogen (secondary N) is 1. The van der Waals surface area contributed by atoms with Crippen LogP contribution in [0.5, 0.6) is 11.5 Å². The summed E-state index contributed by atoms with van der Waals surface area (Å²) >= 11 is 0. The summed E-state index contributed by atoms with van der Waals surface area (Å²) < 4.78 is 10.3. The van der Waals surface area contributed by atoms with Crippen molar-refractivity contribution in [3.63, 3.8) is 0 Å².